The van der Waals surface area contributed by atoms with Gasteiger partial charge >= 0.3 is 11.8 Å². The van der Waals surface area contributed by atoms with E-state index in [-0.39, 0.29) is 6.04 Å². The number of imidazole rings is 1. The summed E-state index contributed by atoms with van der Waals surface area (Å²) in [6, 6.07) is 7.83. The number of amides is 2. The van der Waals surface area contributed by atoms with Gasteiger partial charge in [0.25, 0.3) is 0 Å². The normalized spacial score (nSPS) is 31.4. The number of rotatable bonds is 3. The number of anilines is 1. The molecular formula is C22H24N4O2. The lowest BCUT2D eigenvalue weighted by atomic mass is 10.1. The third-order valence-electron chi connectivity index (χ3n) is 7.14. The van der Waals surface area contributed by atoms with Gasteiger partial charge in [-0.05, 0) is 67.9 Å². The molecule has 0 unspecified atom stereocenters. The Hall–Kier alpha value is -2.63. The predicted molar refractivity (Wildman–Crippen MR) is 104 cm³/mol. The molecule has 1 aliphatic heterocycles. The summed E-state index contributed by atoms with van der Waals surface area (Å²) in [5.74, 6) is 2.72. The highest BCUT2D eigenvalue weighted by Gasteiger charge is 2.67. The molecule has 6 nitrogen and oxygen atoms in total. The molecule has 1 aromatic carbocycles. The smallest absolute Gasteiger partial charge is 0.313 e. The van der Waals surface area contributed by atoms with Crippen molar-refractivity contribution < 1.29 is 9.59 Å². The Kier molecular flexibility index (Phi) is 3.46. The first-order chi connectivity index (χ1) is 13.7. The third-order valence-corrected chi connectivity index (χ3v) is 7.14. The summed E-state index contributed by atoms with van der Waals surface area (Å²) in [5.41, 5.74) is 2.86. The average molecular weight is 376 g/mol. The number of aromatic nitrogens is 2. The van der Waals surface area contributed by atoms with E-state index in [9.17, 15) is 9.59 Å². The van der Waals surface area contributed by atoms with E-state index in [1.165, 1.54) is 25.0 Å². The summed E-state index contributed by atoms with van der Waals surface area (Å²) in [4.78, 5) is 29.4. The van der Waals surface area contributed by atoms with Gasteiger partial charge in [-0.2, -0.15) is 0 Å². The summed E-state index contributed by atoms with van der Waals surface area (Å²) in [7, 11) is 0. The Morgan fingerprint density at radius 1 is 1.04 bits per heavy atom. The predicted octanol–water partition coefficient (Wildman–Crippen LogP) is 2.60. The Morgan fingerprint density at radius 3 is 2.68 bits per heavy atom. The molecule has 0 radical (unpaired) electrons. The van der Waals surface area contributed by atoms with Gasteiger partial charge < -0.3 is 15.2 Å². The Bertz CT molecular complexity index is 965. The molecule has 4 aliphatic rings. The first-order valence-corrected chi connectivity index (χ1v) is 10.5. The molecule has 2 amide bonds. The summed E-state index contributed by atoms with van der Waals surface area (Å²) in [6.07, 6.45) is 7.84. The fourth-order valence-electron chi connectivity index (χ4n) is 5.62. The first-order valence-electron chi connectivity index (χ1n) is 10.5. The van der Waals surface area contributed by atoms with Crippen LogP contribution in [0.5, 0.6) is 0 Å². The van der Waals surface area contributed by atoms with Crippen molar-refractivity contribution in [3.8, 4) is 11.4 Å². The molecule has 144 valence electrons. The minimum absolute atomic E-state index is 0.219. The van der Waals surface area contributed by atoms with Crippen LogP contribution in [0.2, 0.25) is 0 Å². The molecule has 1 aromatic heterocycles. The van der Waals surface area contributed by atoms with Crippen LogP contribution in [0.1, 0.15) is 31.4 Å². The van der Waals surface area contributed by atoms with Crippen molar-refractivity contribution >= 4 is 17.5 Å². The van der Waals surface area contributed by atoms with Gasteiger partial charge in [0.15, 0.2) is 0 Å². The van der Waals surface area contributed by atoms with E-state index < -0.39 is 11.8 Å². The fraction of sp³-hybridized carbons (Fsp3) is 0.500. The van der Waals surface area contributed by atoms with Gasteiger partial charge in [0.2, 0.25) is 0 Å². The molecule has 2 N–H and O–H groups in total. The van der Waals surface area contributed by atoms with E-state index in [0.29, 0.717) is 17.5 Å². The maximum absolute atomic E-state index is 12.4. The molecule has 0 bridgehead atoms. The zero-order valence-corrected chi connectivity index (χ0v) is 15.7. The molecule has 2 aromatic rings. The van der Waals surface area contributed by atoms with Gasteiger partial charge in [-0.3, -0.25) is 9.59 Å². The summed E-state index contributed by atoms with van der Waals surface area (Å²) in [5, 5.41) is 5.76. The van der Waals surface area contributed by atoms with Crippen LogP contribution in [0.4, 0.5) is 5.69 Å². The number of aryl methyl sites for hydroxylation is 1. The van der Waals surface area contributed by atoms with Crippen LogP contribution < -0.4 is 10.6 Å². The van der Waals surface area contributed by atoms with Crippen LogP contribution >= 0.6 is 0 Å². The second-order valence-corrected chi connectivity index (χ2v) is 8.84. The second kappa shape index (κ2) is 5.93. The minimum Gasteiger partial charge on any atom is -0.345 e. The minimum atomic E-state index is -0.580. The number of carbonyl (C=O) groups is 2. The molecule has 3 fully saturated rings. The fourth-order valence-corrected chi connectivity index (χ4v) is 5.62. The zero-order valence-electron chi connectivity index (χ0n) is 15.7. The quantitative estimate of drug-likeness (QED) is 0.809. The lowest BCUT2D eigenvalue weighted by Crippen LogP contribution is -2.43. The summed E-state index contributed by atoms with van der Waals surface area (Å²) in [6.45, 7) is 0.982. The van der Waals surface area contributed by atoms with Crippen LogP contribution in [-0.2, 0) is 22.6 Å². The standard InChI is InChI=1S/C22H24N4O2/c27-21(22(28)25-19-17-9-15(17)16-10-18(16)19)24-13-5-3-4-12(8-13)20-23-11-14-6-1-2-7-26(14)20/h3-5,8,11,15-19H,1-2,6-7,9-10H2,(H,24,27)(H,25,28)/t15-,16-,17-,18-/m1/s1. The maximum Gasteiger partial charge on any atom is 0.313 e. The van der Waals surface area contributed by atoms with Crippen molar-refractivity contribution in [2.45, 2.75) is 44.7 Å². The molecule has 6 rings (SSSR count). The highest BCUT2D eigenvalue weighted by molar-refractivity contribution is 6.39. The van der Waals surface area contributed by atoms with Gasteiger partial charge in [0.1, 0.15) is 5.82 Å². The molecule has 6 heteroatoms. The third kappa shape index (κ3) is 2.58. The number of nitrogens with zero attached hydrogens (tertiary/aromatic N) is 2. The number of benzene rings is 1. The van der Waals surface area contributed by atoms with Crippen LogP contribution in [0.15, 0.2) is 30.5 Å². The number of hydrogen-bond acceptors (Lipinski definition) is 3. The topological polar surface area (TPSA) is 76.0 Å². The van der Waals surface area contributed by atoms with Crippen molar-refractivity contribution in [2.75, 3.05) is 5.32 Å². The van der Waals surface area contributed by atoms with Crippen LogP contribution in [0.3, 0.4) is 0 Å². The van der Waals surface area contributed by atoms with Gasteiger partial charge in [0.05, 0.1) is 0 Å². The zero-order chi connectivity index (χ0) is 18.8. The van der Waals surface area contributed by atoms with Crippen molar-refractivity contribution in [3.05, 3.63) is 36.2 Å². The summed E-state index contributed by atoms with van der Waals surface area (Å²) >= 11 is 0. The number of hydrogen-bond donors (Lipinski definition) is 2. The summed E-state index contributed by atoms with van der Waals surface area (Å²) < 4.78 is 2.26. The Labute approximate surface area is 163 Å². The van der Waals surface area contributed by atoms with E-state index in [2.05, 4.69) is 20.2 Å². The van der Waals surface area contributed by atoms with Crippen LogP contribution in [-0.4, -0.2) is 27.4 Å². The molecule has 3 aliphatic carbocycles. The highest BCUT2D eigenvalue weighted by Crippen LogP contribution is 2.69. The molecule has 28 heavy (non-hydrogen) atoms. The molecular weight excluding hydrogens is 352 g/mol. The molecule has 0 spiro atoms. The van der Waals surface area contributed by atoms with Gasteiger partial charge in [-0.25, -0.2) is 4.98 Å². The van der Waals surface area contributed by atoms with Gasteiger partial charge in [-0.15, -0.1) is 0 Å². The number of carbonyl (C=O) groups excluding carboxylic acids is 2. The van der Waals surface area contributed by atoms with Crippen molar-refractivity contribution in [3.63, 3.8) is 0 Å². The number of fused-ring (bicyclic) bond motifs is 4. The Morgan fingerprint density at radius 2 is 1.86 bits per heavy atom. The molecule has 0 saturated heterocycles. The SMILES string of the molecule is O=C(Nc1cccc(-c2ncc3n2CCCC3)c1)C(=O)NC1[C@@H]2C[C@@H]2[C@H]2C[C@@H]12. The van der Waals surface area contributed by atoms with Crippen molar-refractivity contribution in [2.24, 2.45) is 23.7 Å². The Balaban J connectivity index is 1.16. The van der Waals surface area contributed by atoms with E-state index in [4.69, 9.17) is 0 Å². The molecule has 3 saturated carbocycles. The second-order valence-electron chi connectivity index (χ2n) is 8.84. The molecule has 4 atom stereocenters. The van der Waals surface area contributed by atoms with E-state index in [1.807, 2.05) is 30.5 Å². The van der Waals surface area contributed by atoms with E-state index in [0.717, 1.165) is 42.6 Å². The first kappa shape index (κ1) is 16.3. The molecule has 2 heterocycles. The highest BCUT2D eigenvalue weighted by atomic mass is 16.2. The van der Waals surface area contributed by atoms with E-state index >= 15 is 0 Å². The van der Waals surface area contributed by atoms with Gasteiger partial charge in [0, 0.05) is 35.7 Å². The van der Waals surface area contributed by atoms with E-state index in [1.54, 1.807) is 0 Å². The lowest BCUT2D eigenvalue weighted by molar-refractivity contribution is -0.136. The van der Waals surface area contributed by atoms with Crippen molar-refractivity contribution in [1.82, 2.24) is 14.9 Å². The monoisotopic (exact) mass is 376 g/mol. The van der Waals surface area contributed by atoms with Crippen LogP contribution in [0.25, 0.3) is 11.4 Å². The van der Waals surface area contributed by atoms with Crippen molar-refractivity contribution in [1.29, 1.82) is 0 Å². The maximum atomic E-state index is 12.4. The number of nitrogens with one attached hydrogen (secondary N) is 2. The average Bonchev–Trinajstić information content (AvgIpc) is 3.60. The largest absolute Gasteiger partial charge is 0.345 e. The van der Waals surface area contributed by atoms with Gasteiger partial charge in [-0.1, -0.05) is 12.1 Å². The van der Waals surface area contributed by atoms with Crippen LogP contribution in [0, 0.1) is 23.7 Å². The lowest BCUT2D eigenvalue weighted by Gasteiger charge is -2.17.